The van der Waals surface area contributed by atoms with E-state index >= 15 is 0 Å². The van der Waals surface area contributed by atoms with Crippen molar-refractivity contribution in [1.82, 2.24) is 10.3 Å². The summed E-state index contributed by atoms with van der Waals surface area (Å²) in [6.07, 6.45) is 4.78. The average Bonchev–Trinajstić information content (AvgIpc) is 3.06. The number of nitrogens with zero attached hydrogens (tertiary/aromatic N) is 2. The minimum Gasteiger partial charge on any atom is -0.494 e. The predicted molar refractivity (Wildman–Crippen MR) is 94.7 cm³/mol. The summed E-state index contributed by atoms with van der Waals surface area (Å²) in [6, 6.07) is 8.64. The van der Waals surface area contributed by atoms with E-state index in [4.69, 9.17) is 4.74 Å². The van der Waals surface area contributed by atoms with E-state index in [1.54, 1.807) is 42.6 Å². The number of aromatic nitrogens is 1. The Labute approximate surface area is 146 Å². The number of carbonyl (C=O) groups excluding carboxylic acids is 2. The molecule has 2 aromatic rings. The van der Waals surface area contributed by atoms with Gasteiger partial charge < -0.3 is 20.3 Å². The third kappa shape index (κ3) is 4.06. The molecule has 0 aliphatic carbocycles. The zero-order chi connectivity index (χ0) is 17.6. The first kappa shape index (κ1) is 16.8. The van der Waals surface area contributed by atoms with E-state index in [-0.39, 0.29) is 11.9 Å². The normalized spacial score (nSPS) is 13.6. The zero-order valence-corrected chi connectivity index (χ0v) is 14.0. The second-order valence-corrected chi connectivity index (χ2v) is 5.70. The lowest BCUT2D eigenvalue weighted by atomic mass is 10.2. The van der Waals surface area contributed by atoms with E-state index in [0.717, 1.165) is 17.7 Å². The lowest BCUT2D eigenvalue weighted by molar-refractivity contribution is -0.117. The Morgan fingerprint density at radius 2 is 2.24 bits per heavy atom. The topological polar surface area (TPSA) is 83.6 Å². The van der Waals surface area contributed by atoms with Gasteiger partial charge in [0.1, 0.15) is 5.75 Å². The number of hydrogen-bond donors (Lipinski definition) is 2. The third-order valence-corrected chi connectivity index (χ3v) is 3.98. The maximum absolute atomic E-state index is 12.0. The molecule has 0 radical (unpaired) electrons. The molecule has 1 aromatic carbocycles. The Bertz CT molecular complexity index is 764. The van der Waals surface area contributed by atoms with Crippen molar-refractivity contribution in [3.05, 3.63) is 48.3 Å². The van der Waals surface area contributed by atoms with Crippen LogP contribution in [0.1, 0.15) is 18.4 Å². The molecule has 3 rings (SSSR count). The highest BCUT2D eigenvalue weighted by Crippen LogP contribution is 2.33. The van der Waals surface area contributed by atoms with Crippen LogP contribution in [0.5, 0.6) is 5.75 Å². The number of anilines is 2. The second-order valence-electron chi connectivity index (χ2n) is 5.70. The molecule has 0 saturated carbocycles. The van der Waals surface area contributed by atoms with Crippen LogP contribution in [0.4, 0.5) is 16.2 Å². The summed E-state index contributed by atoms with van der Waals surface area (Å²) in [7, 11) is 1.55. The highest BCUT2D eigenvalue weighted by Gasteiger charge is 2.24. The number of rotatable bonds is 5. The smallest absolute Gasteiger partial charge is 0.319 e. The van der Waals surface area contributed by atoms with Crippen LogP contribution < -0.4 is 20.3 Å². The summed E-state index contributed by atoms with van der Waals surface area (Å²) in [5.41, 5.74) is 2.24. The lowest BCUT2D eigenvalue weighted by Crippen LogP contribution is -2.28. The van der Waals surface area contributed by atoms with Gasteiger partial charge in [0, 0.05) is 43.7 Å². The molecule has 1 aliphatic heterocycles. The molecule has 0 atom stereocenters. The SMILES string of the molecule is COc1cc(NC(=O)NCc2cccnc2)ccc1N1CCCC1=O. The molecule has 2 heterocycles. The molecule has 1 saturated heterocycles. The van der Waals surface area contributed by atoms with Gasteiger partial charge in [-0.15, -0.1) is 0 Å². The van der Waals surface area contributed by atoms with Gasteiger partial charge in [0.15, 0.2) is 0 Å². The van der Waals surface area contributed by atoms with Crippen LogP contribution in [0.15, 0.2) is 42.7 Å². The molecule has 3 amide bonds. The number of amides is 3. The Hall–Kier alpha value is -3.09. The number of hydrogen-bond acceptors (Lipinski definition) is 4. The van der Waals surface area contributed by atoms with Crippen LogP contribution in [0.3, 0.4) is 0 Å². The predicted octanol–water partition coefficient (Wildman–Crippen LogP) is 2.54. The monoisotopic (exact) mass is 340 g/mol. The first-order chi connectivity index (χ1) is 12.2. The standard InChI is InChI=1S/C18H20N4O3/c1-25-16-10-14(6-7-15(16)22-9-3-5-17(22)23)21-18(24)20-12-13-4-2-8-19-11-13/h2,4,6-8,10-11H,3,5,9,12H2,1H3,(H2,20,21,24). The molecule has 7 nitrogen and oxygen atoms in total. The summed E-state index contributed by atoms with van der Waals surface area (Å²) >= 11 is 0. The number of benzene rings is 1. The van der Waals surface area contributed by atoms with Crippen LogP contribution >= 0.6 is 0 Å². The fourth-order valence-corrected chi connectivity index (χ4v) is 2.74. The average molecular weight is 340 g/mol. The molecule has 0 bridgehead atoms. The summed E-state index contributed by atoms with van der Waals surface area (Å²) in [5, 5.41) is 5.53. The van der Waals surface area contributed by atoms with Crippen LogP contribution in [0.25, 0.3) is 0 Å². The molecule has 7 heteroatoms. The fourth-order valence-electron chi connectivity index (χ4n) is 2.74. The largest absolute Gasteiger partial charge is 0.494 e. The number of ether oxygens (including phenoxy) is 1. The van der Waals surface area contributed by atoms with Gasteiger partial charge in [0.25, 0.3) is 0 Å². The van der Waals surface area contributed by atoms with Crippen molar-refractivity contribution in [2.24, 2.45) is 0 Å². The van der Waals surface area contributed by atoms with Gasteiger partial charge in [0.05, 0.1) is 12.8 Å². The number of pyridine rings is 1. The van der Waals surface area contributed by atoms with E-state index in [1.807, 2.05) is 12.1 Å². The van der Waals surface area contributed by atoms with Crippen molar-refractivity contribution in [3.63, 3.8) is 0 Å². The van der Waals surface area contributed by atoms with Crippen molar-refractivity contribution in [3.8, 4) is 5.75 Å². The number of urea groups is 1. The maximum Gasteiger partial charge on any atom is 0.319 e. The zero-order valence-electron chi connectivity index (χ0n) is 14.0. The summed E-state index contributed by atoms with van der Waals surface area (Å²) in [6.45, 7) is 1.07. The minimum absolute atomic E-state index is 0.0909. The van der Waals surface area contributed by atoms with Crippen molar-refractivity contribution >= 4 is 23.3 Å². The van der Waals surface area contributed by atoms with Crippen LogP contribution in [0, 0.1) is 0 Å². The van der Waals surface area contributed by atoms with Crippen molar-refractivity contribution in [2.45, 2.75) is 19.4 Å². The molecule has 1 aromatic heterocycles. The minimum atomic E-state index is -0.323. The van der Waals surface area contributed by atoms with E-state index in [9.17, 15) is 9.59 Å². The van der Waals surface area contributed by atoms with Crippen molar-refractivity contribution in [2.75, 3.05) is 23.9 Å². The number of carbonyl (C=O) groups is 2. The third-order valence-electron chi connectivity index (χ3n) is 3.98. The van der Waals surface area contributed by atoms with Gasteiger partial charge in [-0.3, -0.25) is 9.78 Å². The highest BCUT2D eigenvalue weighted by atomic mass is 16.5. The van der Waals surface area contributed by atoms with E-state index in [2.05, 4.69) is 15.6 Å². The lowest BCUT2D eigenvalue weighted by Gasteiger charge is -2.19. The molecule has 2 N–H and O–H groups in total. The molecular formula is C18H20N4O3. The summed E-state index contributed by atoms with van der Waals surface area (Å²) < 4.78 is 5.38. The van der Waals surface area contributed by atoms with Gasteiger partial charge in [-0.1, -0.05) is 6.07 Å². The second kappa shape index (κ2) is 7.65. The Morgan fingerprint density at radius 3 is 2.92 bits per heavy atom. The molecule has 0 spiro atoms. The fraction of sp³-hybridized carbons (Fsp3) is 0.278. The first-order valence-electron chi connectivity index (χ1n) is 8.09. The van der Waals surface area contributed by atoms with Gasteiger partial charge in [0.2, 0.25) is 5.91 Å². The Morgan fingerprint density at radius 1 is 1.36 bits per heavy atom. The van der Waals surface area contributed by atoms with Gasteiger partial charge in [-0.25, -0.2) is 4.79 Å². The van der Waals surface area contributed by atoms with E-state index < -0.39 is 0 Å². The molecule has 1 aliphatic rings. The van der Waals surface area contributed by atoms with Crippen LogP contribution in [-0.2, 0) is 11.3 Å². The van der Waals surface area contributed by atoms with Crippen molar-refractivity contribution < 1.29 is 14.3 Å². The van der Waals surface area contributed by atoms with Crippen LogP contribution in [0.2, 0.25) is 0 Å². The van der Waals surface area contributed by atoms with Crippen molar-refractivity contribution in [1.29, 1.82) is 0 Å². The van der Waals surface area contributed by atoms with E-state index in [1.165, 1.54) is 0 Å². The molecule has 0 unspecified atom stereocenters. The summed E-state index contributed by atoms with van der Waals surface area (Å²) in [4.78, 5) is 29.7. The quantitative estimate of drug-likeness (QED) is 0.876. The number of nitrogens with one attached hydrogen (secondary N) is 2. The van der Waals surface area contributed by atoms with Gasteiger partial charge in [-0.05, 0) is 30.2 Å². The van der Waals surface area contributed by atoms with Gasteiger partial charge in [-0.2, -0.15) is 0 Å². The van der Waals surface area contributed by atoms with E-state index in [0.29, 0.717) is 30.9 Å². The highest BCUT2D eigenvalue weighted by molar-refractivity contribution is 5.97. The summed E-state index contributed by atoms with van der Waals surface area (Å²) in [5.74, 6) is 0.647. The number of methoxy groups -OCH3 is 1. The first-order valence-corrected chi connectivity index (χ1v) is 8.09. The molecular weight excluding hydrogens is 320 g/mol. The molecule has 1 fully saturated rings. The Balaban J connectivity index is 1.64. The van der Waals surface area contributed by atoms with Crippen LogP contribution in [-0.4, -0.2) is 30.6 Å². The molecule has 25 heavy (non-hydrogen) atoms. The molecule has 130 valence electrons. The Kier molecular flexibility index (Phi) is 5.13. The maximum atomic E-state index is 12.0. The van der Waals surface area contributed by atoms with Gasteiger partial charge >= 0.3 is 6.03 Å².